The number of hydrogen-bond acceptors (Lipinski definition) is 5. The van der Waals surface area contributed by atoms with Crippen LogP contribution in [0.1, 0.15) is 5.82 Å². The zero-order chi connectivity index (χ0) is 18.5. The van der Waals surface area contributed by atoms with E-state index >= 15 is 0 Å². The largest absolute Gasteiger partial charge is 0.482 e. The standard InChI is InChI=1S/C16H12Cl2FN5O2/c17-10-1-6-14(13(18)7-10)26-9-16(25)20-8-15-21-22-23-24(15)12-4-2-11(19)3-5-12/h1-7H,8-9H2,(H,20,25). The number of rotatable bonds is 6. The third kappa shape index (κ3) is 4.47. The van der Waals surface area contributed by atoms with E-state index in [-0.39, 0.29) is 24.9 Å². The Kier molecular flexibility index (Phi) is 5.65. The number of benzene rings is 2. The molecule has 0 aliphatic heterocycles. The number of nitrogens with zero attached hydrogens (tertiary/aromatic N) is 4. The van der Waals surface area contributed by atoms with Gasteiger partial charge in [-0.25, -0.2) is 4.39 Å². The van der Waals surface area contributed by atoms with E-state index in [4.69, 9.17) is 27.9 Å². The molecular formula is C16H12Cl2FN5O2. The molecule has 134 valence electrons. The van der Waals surface area contributed by atoms with Crippen LogP contribution in [0.2, 0.25) is 10.0 Å². The van der Waals surface area contributed by atoms with Crippen molar-refractivity contribution in [1.82, 2.24) is 25.5 Å². The minimum absolute atomic E-state index is 0.0704. The second-order valence-corrected chi connectivity index (χ2v) is 5.97. The molecule has 3 aromatic rings. The number of carbonyl (C=O) groups is 1. The Morgan fingerprint density at radius 1 is 1.19 bits per heavy atom. The summed E-state index contributed by atoms with van der Waals surface area (Å²) in [5.74, 6) is -0.0174. The summed E-state index contributed by atoms with van der Waals surface area (Å²) in [6.45, 7) is -0.166. The summed E-state index contributed by atoms with van der Waals surface area (Å²) < 4.78 is 19.8. The van der Waals surface area contributed by atoms with Crippen molar-refractivity contribution < 1.29 is 13.9 Å². The number of amides is 1. The Morgan fingerprint density at radius 2 is 1.96 bits per heavy atom. The van der Waals surface area contributed by atoms with Gasteiger partial charge in [-0.3, -0.25) is 4.79 Å². The molecule has 26 heavy (non-hydrogen) atoms. The predicted molar refractivity (Wildman–Crippen MR) is 92.9 cm³/mol. The number of carbonyl (C=O) groups excluding carboxylic acids is 1. The zero-order valence-electron chi connectivity index (χ0n) is 13.2. The fourth-order valence-corrected chi connectivity index (χ4v) is 2.53. The second kappa shape index (κ2) is 8.11. The molecule has 0 bridgehead atoms. The van der Waals surface area contributed by atoms with Gasteiger partial charge in [0.25, 0.3) is 5.91 Å². The number of ether oxygens (including phenoxy) is 1. The predicted octanol–water partition coefficient (Wildman–Crippen LogP) is 2.80. The van der Waals surface area contributed by atoms with Gasteiger partial charge in [0.2, 0.25) is 0 Å². The summed E-state index contributed by atoms with van der Waals surface area (Å²) >= 11 is 11.8. The van der Waals surface area contributed by atoms with Crippen molar-refractivity contribution in [2.24, 2.45) is 0 Å². The maximum Gasteiger partial charge on any atom is 0.258 e. The van der Waals surface area contributed by atoms with E-state index in [9.17, 15) is 9.18 Å². The van der Waals surface area contributed by atoms with Crippen molar-refractivity contribution in [1.29, 1.82) is 0 Å². The smallest absolute Gasteiger partial charge is 0.258 e. The van der Waals surface area contributed by atoms with Crippen LogP contribution in [-0.4, -0.2) is 32.7 Å². The van der Waals surface area contributed by atoms with Gasteiger partial charge in [-0.05, 0) is 52.9 Å². The van der Waals surface area contributed by atoms with Gasteiger partial charge in [0.15, 0.2) is 12.4 Å². The van der Waals surface area contributed by atoms with Crippen LogP contribution >= 0.6 is 23.2 Å². The lowest BCUT2D eigenvalue weighted by Gasteiger charge is -2.09. The van der Waals surface area contributed by atoms with Gasteiger partial charge in [-0.15, -0.1) is 5.10 Å². The van der Waals surface area contributed by atoms with Gasteiger partial charge in [0.05, 0.1) is 17.3 Å². The number of aromatic nitrogens is 4. The van der Waals surface area contributed by atoms with Crippen molar-refractivity contribution in [2.45, 2.75) is 6.54 Å². The lowest BCUT2D eigenvalue weighted by Crippen LogP contribution is -2.29. The summed E-state index contributed by atoms with van der Waals surface area (Å²) in [6.07, 6.45) is 0. The normalized spacial score (nSPS) is 10.6. The minimum atomic E-state index is -0.385. The van der Waals surface area contributed by atoms with Crippen LogP contribution in [0.15, 0.2) is 42.5 Å². The van der Waals surface area contributed by atoms with E-state index in [2.05, 4.69) is 20.8 Å². The molecule has 7 nitrogen and oxygen atoms in total. The number of nitrogens with one attached hydrogen (secondary N) is 1. The Hall–Kier alpha value is -2.71. The topological polar surface area (TPSA) is 81.9 Å². The van der Waals surface area contributed by atoms with Crippen LogP contribution < -0.4 is 10.1 Å². The molecule has 0 aliphatic carbocycles. The molecule has 0 unspecified atom stereocenters. The summed E-state index contributed by atoms with van der Waals surface area (Å²) in [7, 11) is 0. The van der Waals surface area contributed by atoms with E-state index in [1.807, 2.05) is 0 Å². The lowest BCUT2D eigenvalue weighted by atomic mass is 10.3. The molecular weight excluding hydrogens is 384 g/mol. The fraction of sp³-hybridized carbons (Fsp3) is 0.125. The highest BCUT2D eigenvalue weighted by Crippen LogP contribution is 2.27. The van der Waals surface area contributed by atoms with Crippen molar-refractivity contribution in [2.75, 3.05) is 6.61 Å². The van der Waals surface area contributed by atoms with Gasteiger partial charge < -0.3 is 10.1 Å². The third-order valence-electron chi connectivity index (χ3n) is 3.30. The number of tetrazole rings is 1. The first-order valence-electron chi connectivity index (χ1n) is 7.40. The van der Waals surface area contributed by atoms with E-state index in [0.717, 1.165) is 0 Å². The van der Waals surface area contributed by atoms with Crippen molar-refractivity contribution in [3.05, 3.63) is 64.2 Å². The molecule has 1 N–H and O–H groups in total. The molecule has 0 radical (unpaired) electrons. The number of halogens is 3. The van der Waals surface area contributed by atoms with Crippen molar-refractivity contribution >= 4 is 29.1 Å². The van der Waals surface area contributed by atoms with E-state index in [1.54, 1.807) is 12.1 Å². The van der Waals surface area contributed by atoms with Crippen molar-refractivity contribution in [3.8, 4) is 11.4 Å². The molecule has 0 atom stereocenters. The average molecular weight is 396 g/mol. The molecule has 3 rings (SSSR count). The summed E-state index contributed by atoms with van der Waals surface area (Å²) in [6, 6.07) is 10.4. The molecule has 0 fully saturated rings. The molecule has 1 heterocycles. The summed E-state index contributed by atoms with van der Waals surface area (Å²) in [5.41, 5.74) is 0.574. The fourth-order valence-electron chi connectivity index (χ4n) is 2.06. The Morgan fingerprint density at radius 3 is 2.69 bits per heavy atom. The minimum Gasteiger partial charge on any atom is -0.482 e. The highest BCUT2D eigenvalue weighted by atomic mass is 35.5. The molecule has 1 aromatic heterocycles. The van der Waals surface area contributed by atoms with Gasteiger partial charge in [0.1, 0.15) is 11.6 Å². The zero-order valence-corrected chi connectivity index (χ0v) is 14.7. The molecule has 0 spiro atoms. The van der Waals surface area contributed by atoms with Gasteiger partial charge in [0, 0.05) is 5.02 Å². The van der Waals surface area contributed by atoms with Crippen LogP contribution in [0.3, 0.4) is 0 Å². The van der Waals surface area contributed by atoms with Gasteiger partial charge in [-0.2, -0.15) is 4.68 Å². The molecule has 10 heteroatoms. The van der Waals surface area contributed by atoms with Crippen LogP contribution in [0.4, 0.5) is 4.39 Å². The SMILES string of the molecule is O=C(COc1ccc(Cl)cc1Cl)NCc1nnnn1-c1ccc(F)cc1. The van der Waals surface area contributed by atoms with Gasteiger partial charge in [-0.1, -0.05) is 23.2 Å². The third-order valence-corrected chi connectivity index (χ3v) is 3.83. The quantitative estimate of drug-likeness (QED) is 0.693. The van der Waals surface area contributed by atoms with Crippen LogP contribution in [0.25, 0.3) is 5.69 Å². The highest BCUT2D eigenvalue weighted by molar-refractivity contribution is 6.35. The van der Waals surface area contributed by atoms with Crippen LogP contribution in [-0.2, 0) is 11.3 Å². The van der Waals surface area contributed by atoms with Crippen LogP contribution in [0.5, 0.6) is 5.75 Å². The molecule has 2 aromatic carbocycles. The summed E-state index contributed by atoms with van der Waals surface area (Å²) in [5, 5.41) is 14.7. The maximum atomic E-state index is 13.0. The maximum absolute atomic E-state index is 13.0. The van der Waals surface area contributed by atoms with Crippen molar-refractivity contribution in [3.63, 3.8) is 0 Å². The van der Waals surface area contributed by atoms with Crippen LogP contribution in [0, 0.1) is 5.82 Å². The first-order chi connectivity index (χ1) is 12.5. The number of hydrogen-bond donors (Lipinski definition) is 1. The average Bonchev–Trinajstić information content (AvgIpc) is 3.08. The summed E-state index contributed by atoms with van der Waals surface area (Å²) in [4.78, 5) is 11.9. The second-order valence-electron chi connectivity index (χ2n) is 5.12. The lowest BCUT2D eigenvalue weighted by molar-refractivity contribution is -0.123. The Labute approximate surface area is 157 Å². The highest BCUT2D eigenvalue weighted by Gasteiger charge is 2.11. The molecule has 0 saturated heterocycles. The first-order valence-corrected chi connectivity index (χ1v) is 8.16. The van der Waals surface area contributed by atoms with Gasteiger partial charge >= 0.3 is 0 Å². The van der Waals surface area contributed by atoms with E-state index < -0.39 is 0 Å². The Balaban J connectivity index is 1.57. The van der Waals surface area contributed by atoms with E-state index in [0.29, 0.717) is 27.3 Å². The Bertz CT molecular complexity index is 917. The monoisotopic (exact) mass is 395 g/mol. The molecule has 0 saturated carbocycles. The molecule has 0 aliphatic rings. The van der Waals surface area contributed by atoms with E-state index in [1.165, 1.54) is 35.0 Å². The first kappa shape index (κ1) is 18.1. The molecule has 1 amide bonds.